The third-order valence-electron chi connectivity index (χ3n) is 3.34. The second kappa shape index (κ2) is 5.77. The summed E-state index contributed by atoms with van der Waals surface area (Å²) >= 11 is 0. The molecule has 0 unspecified atom stereocenters. The maximum Gasteiger partial charge on any atom is 0.240 e. The molecule has 106 valence electrons. The van der Waals surface area contributed by atoms with Crippen LogP contribution >= 0.6 is 0 Å². The molecule has 0 aromatic heterocycles. The van der Waals surface area contributed by atoms with Crippen molar-refractivity contribution in [3.63, 3.8) is 0 Å². The minimum atomic E-state index is -3.45. The number of rotatable bonds is 4. The fraction of sp³-hybridized carbons (Fsp3) is 0.250. The quantitative estimate of drug-likeness (QED) is 0.940. The van der Waals surface area contributed by atoms with Crippen LogP contribution in [0, 0.1) is 20.8 Å². The lowest BCUT2D eigenvalue weighted by molar-refractivity contribution is 0.581. The largest absolute Gasteiger partial charge is 0.240 e. The van der Waals surface area contributed by atoms with Gasteiger partial charge in [-0.15, -0.1) is 0 Å². The first-order chi connectivity index (χ1) is 9.38. The molecule has 0 aliphatic carbocycles. The fourth-order valence-electron chi connectivity index (χ4n) is 1.96. The van der Waals surface area contributed by atoms with Crippen LogP contribution < -0.4 is 4.72 Å². The number of hydrogen-bond acceptors (Lipinski definition) is 2. The molecule has 4 heteroatoms. The predicted molar refractivity (Wildman–Crippen MR) is 81.1 cm³/mol. The van der Waals surface area contributed by atoms with Crippen molar-refractivity contribution < 1.29 is 8.42 Å². The molecule has 0 spiro atoms. The van der Waals surface area contributed by atoms with Gasteiger partial charge in [0, 0.05) is 6.54 Å². The molecule has 0 bridgehead atoms. The summed E-state index contributed by atoms with van der Waals surface area (Å²) in [4.78, 5) is 0.307. The van der Waals surface area contributed by atoms with Crippen molar-refractivity contribution in [3.05, 3.63) is 64.7 Å². The van der Waals surface area contributed by atoms with Gasteiger partial charge in [0.25, 0.3) is 0 Å². The summed E-state index contributed by atoms with van der Waals surface area (Å²) in [5.74, 6) is 0. The van der Waals surface area contributed by atoms with Crippen LogP contribution in [0.1, 0.15) is 22.3 Å². The van der Waals surface area contributed by atoms with E-state index in [9.17, 15) is 8.42 Å². The topological polar surface area (TPSA) is 46.2 Å². The molecule has 0 fully saturated rings. The Morgan fingerprint density at radius 2 is 1.70 bits per heavy atom. The molecule has 0 aliphatic heterocycles. The van der Waals surface area contributed by atoms with E-state index >= 15 is 0 Å². The molecule has 2 rings (SSSR count). The summed E-state index contributed by atoms with van der Waals surface area (Å²) in [5.41, 5.74) is 4.26. The highest BCUT2D eigenvalue weighted by atomic mass is 32.2. The zero-order valence-electron chi connectivity index (χ0n) is 12.0. The van der Waals surface area contributed by atoms with Crippen LogP contribution in [0.15, 0.2) is 47.4 Å². The van der Waals surface area contributed by atoms with Crippen molar-refractivity contribution in [2.45, 2.75) is 32.2 Å². The Bertz CT molecular complexity index is 721. The highest BCUT2D eigenvalue weighted by Gasteiger charge is 2.13. The van der Waals surface area contributed by atoms with Gasteiger partial charge in [-0.25, -0.2) is 13.1 Å². The summed E-state index contributed by atoms with van der Waals surface area (Å²) < 4.78 is 27.0. The van der Waals surface area contributed by atoms with Crippen molar-refractivity contribution in [1.82, 2.24) is 4.72 Å². The summed E-state index contributed by atoms with van der Waals surface area (Å²) in [7, 11) is -3.45. The average molecular weight is 289 g/mol. The third-order valence-corrected chi connectivity index (χ3v) is 4.74. The first-order valence-corrected chi connectivity index (χ1v) is 7.99. The second-order valence-corrected chi connectivity index (χ2v) is 6.83. The van der Waals surface area contributed by atoms with Crippen LogP contribution in [0.3, 0.4) is 0 Å². The molecule has 2 aromatic rings. The number of sulfonamides is 1. The molecular weight excluding hydrogens is 270 g/mol. The highest BCUT2D eigenvalue weighted by Crippen LogP contribution is 2.13. The van der Waals surface area contributed by atoms with Crippen LogP contribution in [0.4, 0.5) is 0 Å². The van der Waals surface area contributed by atoms with Crippen molar-refractivity contribution >= 4 is 10.0 Å². The van der Waals surface area contributed by atoms with E-state index in [-0.39, 0.29) is 0 Å². The van der Waals surface area contributed by atoms with Gasteiger partial charge in [0.1, 0.15) is 0 Å². The molecule has 0 radical (unpaired) electrons. The maximum atomic E-state index is 12.2. The summed E-state index contributed by atoms with van der Waals surface area (Å²) in [6.07, 6.45) is 0. The van der Waals surface area contributed by atoms with Gasteiger partial charge < -0.3 is 0 Å². The zero-order valence-corrected chi connectivity index (χ0v) is 12.8. The predicted octanol–water partition coefficient (Wildman–Crippen LogP) is 3.09. The van der Waals surface area contributed by atoms with Crippen molar-refractivity contribution in [1.29, 1.82) is 0 Å². The van der Waals surface area contributed by atoms with Gasteiger partial charge in [0.15, 0.2) is 0 Å². The van der Waals surface area contributed by atoms with Crippen LogP contribution in [-0.4, -0.2) is 8.42 Å². The second-order valence-electron chi connectivity index (χ2n) is 5.06. The Morgan fingerprint density at radius 1 is 0.950 bits per heavy atom. The molecule has 0 saturated carbocycles. The zero-order chi connectivity index (χ0) is 14.8. The van der Waals surface area contributed by atoms with E-state index in [1.807, 2.05) is 45.0 Å². The van der Waals surface area contributed by atoms with Crippen molar-refractivity contribution in [2.24, 2.45) is 0 Å². The first kappa shape index (κ1) is 14.8. The minimum Gasteiger partial charge on any atom is -0.207 e. The molecule has 0 heterocycles. The maximum absolute atomic E-state index is 12.2. The molecular formula is C16H19NO2S. The standard InChI is InChI=1S/C16H19NO2S/c1-12-5-4-6-16(9-12)20(18,19)17-11-15-8-7-13(2)14(3)10-15/h4-10,17H,11H2,1-3H3. The van der Waals surface area contributed by atoms with Crippen LogP contribution in [-0.2, 0) is 16.6 Å². The Hall–Kier alpha value is -1.65. The smallest absolute Gasteiger partial charge is 0.207 e. The fourth-order valence-corrected chi connectivity index (χ4v) is 3.08. The lowest BCUT2D eigenvalue weighted by Gasteiger charge is -2.09. The van der Waals surface area contributed by atoms with Gasteiger partial charge >= 0.3 is 0 Å². The van der Waals surface area contributed by atoms with E-state index in [0.717, 1.165) is 16.7 Å². The molecule has 1 N–H and O–H groups in total. The molecule has 0 amide bonds. The van der Waals surface area contributed by atoms with E-state index in [4.69, 9.17) is 0 Å². The molecule has 3 nitrogen and oxygen atoms in total. The Balaban J connectivity index is 2.15. The minimum absolute atomic E-state index is 0.303. The van der Waals surface area contributed by atoms with Gasteiger partial charge in [0.05, 0.1) is 4.90 Å². The summed E-state index contributed by atoms with van der Waals surface area (Å²) in [6.45, 7) is 6.24. The average Bonchev–Trinajstić information content (AvgIpc) is 2.40. The SMILES string of the molecule is Cc1cccc(S(=O)(=O)NCc2ccc(C)c(C)c2)c1. The molecule has 20 heavy (non-hydrogen) atoms. The van der Waals surface area contributed by atoms with Crippen molar-refractivity contribution in [3.8, 4) is 0 Å². The molecule has 0 saturated heterocycles. The third kappa shape index (κ3) is 3.46. The van der Waals surface area contributed by atoms with Crippen LogP contribution in [0.2, 0.25) is 0 Å². The van der Waals surface area contributed by atoms with Crippen LogP contribution in [0.25, 0.3) is 0 Å². The van der Waals surface area contributed by atoms with E-state index in [2.05, 4.69) is 4.72 Å². The van der Waals surface area contributed by atoms with Gasteiger partial charge in [0.2, 0.25) is 10.0 Å². The molecule has 2 aromatic carbocycles. The molecule has 0 atom stereocenters. The van der Waals surface area contributed by atoms with Gasteiger partial charge in [-0.2, -0.15) is 0 Å². The summed E-state index contributed by atoms with van der Waals surface area (Å²) in [5, 5.41) is 0. The normalized spacial score (nSPS) is 11.6. The van der Waals surface area contributed by atoms with Gasteiger partial charge in [-0.3, -0.25) is 0 Å². The van der Waals surface area contributed by atoms with E-state index in [1.165, 1.54) is 5.56 Å². The Labute approximate surface area is 120 Å². The monoisotopic (exact) mass is 289 g/mol. The number of hydrogen-bond donors (Lipinski definition) is 1. The van der Waals surface area contributed by atoms with Gasteiger partial charge in [-0.1, -0.05) is 30.3 Å². The number of benzene rings is 2. The van der Waals surface area contributed by atoms with E-state index in [0.29, 0.717) is 11.4 Å². The summed E-state index contributed by atoms with van der Waals surface area (Å²) in [6, 6.07) is 12.9. The van der Waals surface area contributed by atoms with Crippen LogP contribution in [0.5, 0.6) is 0 Å². The first-order valence-electron chi connectivity index (χ1n) is 6.51. The van der Waals surface area contributed by atoms with Crippen molar-refractivity contribution in [2.75, 3.05) is 0 Å². The van der Waals surface area contributed by atoms with E-state index in [1.54, 1.807) is 18.2 Å². The lowest BCUT2D eigenvalue weighted by atomic mass is 10.1. The highest BCUT2D eigenvalue weighted by molar-refractivity contribution is 7.89. The number of nitrogens with one attached hydrogen (secondary N) is 1. The Kier molecular flexibility index (Phi) is 4.26. The number of aryl methyl sites for hydroxylation is 3. The molecule has 0 aliphatic rings. The lowest BCUT2D eigenvalue weighted by Crippen LogP contribution is -2.23. The van der Waals surface area contributed by atoms with E-state index < -0.39 is 10.0 Å². The Morgan fingerprint density at radius 3 is 2.35 bits per heavy atom. The van der Waals surface area contributed by atoms with Gasteiger partial charge in [-0.05, 0) is 55.2 Å².